The van der Waals surface area contributed by atoms with Crippen LogP contribution in [0.2, 0.25) is 0 Å². The second kappa shape index (κ2) is 7.58. The number of anilines is 1. The van der Waals surface area contributed by atoms with Crippen LogP contribution in [-0.4, -0.2) is 39.6 Å². The van der Waals surface area contributed by atoms with Crippen molar-refractivity contribution in [3.8, 4) is 22.6 Å². The van der Waals surface area contributed by atoms with Crippen molar-refractivity contribution in [1.29, 1.82) is 0 Å². The summed E-state index contributed by atoms with van der Waals surface area (Å²) < 4.78 is 0. The fourth-order valence-electron chi connectivity index (χ4n) is 3.28. The van der Waals surface area contributed by atoms with Gasteiger partial charge in [-0.3, -0.25) is 9.97 Å². The molecule has 0 aliphatic carbocycles. The van der Waals surface area contributed by atoms with Gasteiger partial charge in [0.1, 0.15) is 5.82 Å². The van der Waals surface area contributed by atoms with Crippen molar-refractivity contribution in [1.82, 2.24) is 19.9 Å². The molecular formula is C20H22N6. The molecule has 1 fully saturated rings. The number of piperidine rings is 1. The minimum atomic E-state index is 0.615. The van der Waals surface area contributed by atoms with E-state index in [0.29, 0.717) is 11.7 Å². The second-order valence-electron chi connectivity index (χ2n) is 6.58. The average molecular weight is 346 g/mol. The van der Waals surface area contributed by atoms with Crippen LogP contribution >= 0.6 is 0 Å². The van der Waals surface area contributed by atoms with E-state index >= 15 is 0 Å². The average Bonchev–Trinajstić information content (AvgIpc) is 2.75. The van der Waals surface area contributed by atoms with Gasteiger partial charge in [0.15, 0.2) is 5.82 Å². The van der Waals surface area contributed by atoms with E-state index in [4.69, 9.17) is 15.7 Å². The Kier molecular flexibility index (Phi) is 4.84. The van der Waals surface area contributed by atoms with E-state index in [1.54, 1.807) is 18.6 Å². The van der Waals surface area contributed by atoms with Gasteiger partial charge in [-0.2, -0.15) is 0 Å². The normalized spacial score (nSPS) is 15.2. The first-order chi connectivity index (χ1) is 12.8. The maximum absolute atomic E-state index is 5.83. The number of rotatable bonds is 4. The largest absolute Gasteiger partial charge is 0.356 e. The summed E-state index contributed by atoms with van der Waals surface area (Å²) in [6.07, 6.45) is 9.36. The van der Waals surface area contributed by atoms with Gasteiger partial charge < -0.3 is 10.6 Å². The van der Waals surface area contributed by atoms with Crippen LogP contribution in [0.15, 0.2) is 55.1 Å². The molecular weight excluding hydrogens is 324 g/mol. The Balaban J connectivity index is 1.74. The van der Waals surface area contributed by atoms with Gasteiger partial charge in [-0.05, 0) is 49.6 Å². The first kappa shape index (κ1) is 16.6. The summed E-state index contributed by atoms with van der Waals surface area (Å²) in [5.74, 6) is 2.26. The summed E-state index contributed by atoms with van der Waals surface area (Å²) in [5.41, 5.74) is 8.60. The van der Waals surface area contributed by atoms with Crippen LogP contribution in [0.3, 0.4) is 0 Å². The number of nitrogens with zero attached hydrogens (tertiary/aromatic N) is 5. The molecule has 26 heavy (non-hydrogen) atoms. The van der Waals surface area contributed by atoms with E-state index < -0.39 is 0 Å². The number of nitrogens with two attached hydrogens (primary N) is 1. The molecule has 0 bridgehead atoms. The molecule has 1 aliphatic heterocycles. The lowest BCUT2D eigenvalue weighted by molar-refractivity contribution is 0.413. The fourth-order valence-corrected chi connectivity index (χ4v) is 3.28. The third-order valence-electron chi connectivity index (χ3n) is 4.86. The van der Waals surface area contributed by atoms with Crippen molar-refractivity contribution in [3.05, 3.63) is 55.1 Å². The van der Waals surface area contributed by atoms with Crippen LogP contribution in [0.4, 0.5) is 5.82 Å². The van der Waals surface area contributed by atoms with E-state index in [9.17, 15) is 0 Å². The quantitative estimate of drug-likeness (QED) is 0.782. The third-order valence-corrected chi connectivity index (χ3v) is 4.86. The van der Waals surface area contributed by atoms with E-state index in [0.717, 1.165) is 55.1 Å². The maximum atomic E-state index is 5.83. The van der Waals surface area contributed by atoms with Crippen LogP contribution in [0.25, 0.3) is 22.6 Å². The van der Waals surface area contributed by atoms with Gasteiger partial charge in [0.2, 0.25) is 0 Å². The molecule has 0 radical (unpaired) electrons. The Morgan fingerprint density at radius 2 is 1.65 bits per heavy atom. The van der Waals surface area contributed by atoms with E-state index in [1.165, 1.54) is 0 Å². The van der Waals surface area contributed by atoms with Crippen LogP contribution < -0.4 is 10.6 Å². The van der Waals surface area contributed by atoms with Crippen molar-refractivity contribution < 1.29 is 0 Å². The Labute approximate surface area is 153 Å². The first-order valence-corrected chi connectivity index (χ1v) is 8.98. The number of hydrogen-bond acceptors (Lipinski definition) is 6. The molecule has 0 aromatic carbocycles. The van der Waals surface area contributed by atoms with E-state index in [-0.39, 0.29) is 0 Å². The summed E-state index contributed by atoms with van der Waals surface area (Å²) in [6, 6.07) is 9.89. The Hall–Kier alpha value is -2.86. The van der Waals surface area contributed by atoms with Crippen molar-refractivity contribution >= 4 is 5.82 Å². The molecule has 0 spiro atoms. The highest BCUT2D eigenvalue weighted by molar-refractivity contribution is 5.67. The van der Waals surface area contributed by atoms with Gasteiger partial charge in [0.05, 0.1) is 5.69 Å². The van der Waals surface area contributed by atoms with E-state index in [1.807, 2.05) is 30.5 Å². The van der Waals surface area contributed by atoms with Gasteiger partial charge in [-0.15, -0.1) is 0 Å². The molecule has 6 nitrogen and oxygen atoms in total. The highest BCUT2D eigenvalue weighted by Gasteiger charge is 2.20. The SMILES string of the molecule is NCC1CCN(c2cc(-c3cccnc3)nc(-c3cccnc3)n2)CC1. The van der Waals surface area contributed by atoms with Crippen molar-refractivity contribution in [3.63, 3.8) is 0 Å². The third kappa shape index (κ3) is 3.55. The molecule has 0 amide bonds. The predicted molar refractivity (Wildman–Crippen MR) is 102 cm³/mol. The molecule has 1 aliphatic rings. The molecule has 132 valence electrons. The van der Waals surface area contributed by atoms with Crippen LogP contribution in [0.5, 0.6) is 0 Å². The van der Waals surface area contributed by atoms with Gasteiger partial charge in [-0.1, -0.05) is 0 Å². The molecule has 6 heteroatoms. The molecule has 0 unspecified atom stereocenters. The van der Waals surface area contributed by atoms with Crippen molar-refractivity contribution in [2.24, 2.45) is 11.7 Å². The van der Waals surface area contributed by atoms with Crippen molar-refractivity contribution in [2.45, 2.75) is 12.8 Å². The van der Waals surface area contributed by atoms with Crippen LogP contribution in [-0.2, 0) is 0 Å². The highest BCUT2D eigenvalue weighted by Crippen LogP contribution is 2.28. The summed E-state index contributed by atoms with van der Waals surface area (Å²) >= 11 is 0. The zero-order chi connectivity index (χ0) is 17.8. The zero-order valence-corrected chi connectivity index (χ0v) is 14.6. The smallest absolute Gasteiger partial charge is 0.163 e. The Bertz CT molecular complexity index is 787. The molecule has 0 atom stereocenters. The Morgan fingerprint density at radius 1 is 0.962 bits per heavy atom. The molecule has 1 saturated heterocycles. The van der Waals surface area contributed by atoms with Crippen molar-refractivity contribution in [2.75, 3.05) is 24.5 Å². The van der Waals surface area contributed by atoms with Crippen LogP contribution in [0.1, 0.15) is 12.8 Å². The predicted octanol–water partition coefficient (Wildman–Crippen LogP) is 2.78. The summed E-state index contributed by atoms with van der Waals surface area (Å²) in [4.78, 5) is 20.3. The monoisotopic (exact) mass is 346 g/mol. The minimum absolute atomic E-state index is 0.615. The minimum Gasteiger partial charge on any atom is -0.356 e. The summed E-state index contributed by atoms with van der Waals surface area (Å²) in [6.45, 7) is 2.70. The molecule has 4 heterocycles. The maximum Gasteiger partial charge on any atom is 0.163 e. The van der Waals surface area contributed by atoms with E-state index in [2.05, 4.69) is 20.9 Å². The van der Waals surface area contributed by atoms with Gasteiger partial charge in [0, 0.05) is 55.1 Å². The summed E-state index contributed by atoms with van der Waals surface area (Å²) in [5, 5.41) is 0. The topological polar surface area (TPSA) is 80.8 Å². The Morgan fingerprint density at radius 3 is 2.27 bits per heavy atom. The van der Waals surface area contributed by atoms with Gasteiger partial charge in [-0.25, -0.2) is 9.97 Å². The van der Waals surface area contributed by atoms with Gasteiger partial charge in [0.25, 0.3) is 0 Å². The number of pyridine rings is 2. The fraction of sp³-hybridized carbons (Fsp3) is 0.300. The lowest BCUT2D eigenvalue weighted by Crippen LogP contribution is -2.36. The molecule has 3 aromatic rings. The molecule has 0 saturated carbocycles. The van der Waals surface area contributed by atoms with Gasteiger partial charge >= 0.3 is 0 Å². The lowest BCUT2D eigenvalue weighted by Gasteiger charge is -2.32. The molecule has 3 aromatic heterocycles. The first-order valence-electron chi connectivity index (χ1n) is 8.98. The standard InChI is InChI=1S/C20H22N6/c21-12-15-5-9-26(10-6-15)19-11-18(16-3-1-7-22-13-16)24-20(25-19)17-4-2-8-23-14-17/h1-4,7-8,11,13-15H,5-6,9-10,12,21H2. The van der Waals surface area contributed by atoms with Crippen LogP contribution in [0, 0.1) is 5.92 Å². The summed E-state index contributed by atoms with van der Waals surface area (Å²) in [7, 11) is 0. The molecule has 2 N–H and O–H groups in total. The lowest BCUT2D eigenvalue weighted by atomic mass is 9.97. The molecule has 4 rings (SSSR count). The number of aromatic nitrogens is 4. The highest BCUT2D eigenvalue weighted by atomic mass is 15.2. The number of hydrogen-bond donors (Lipinski definition) is 1. The second-order valence-corrected chi connectivity index (χ2v) is 6.58. The zero-order valence-electron chi connectivity index (χ0n) is 14.6.